The monoisotopic (exact) mass is 373 g/mol. The number of rotatable bonds is 13. The van der Waals surface area contributed by atoms with Gasteiger partial charge in [-0.25, -0.2) is 0 Å². The van der Waals surface area contributed by atoms with Gasteiger partial charge in [-0.1, -0.05) is 13.8 Å². The summed E-state index contributed by atoms with van der Waals surface area (Å²) in [6, 6.07) is 0.197. The summed E-state index contributed by atoms with van der Waals surface area (Å²) in [6.07, 6.45) is 4.14. The maximum Gasteiger partial charge on any atom is 0.222 e. The van der Waals surface area contributed by atoms with Crippen molar-refractivity contribution in [3.8, 4) is 0 Å². The molecule has 6 nitrogen and oxygen atoms in total. The zero-order valence-corrected chi connectivity index (χ0v) is 16.9. The van der Waals surface area contributed by atoms with Crippen LogP contribution in [0.15, 0.2) is 0 Å². The van der Waals surface area contributed by atoms with E-state index in [2.05, 4.69) is 5.32 Å². The Morgan fingerprint density at radius 2 is 1.50 bits per heavy atom. The molecule has 1 aliphatic rings. The Labute approximate surface area is 159 Å². The van der Waals surface area contributed by atoms with Gasteiger partial charge in [0.25, 0.3) is 0 Å². The first-order valence-corrected chi connectivity index (χ1v) is 10.00. The normalized spacial score (nSPS) is 20.5. The van der Waals surface area contributed by atoms with Crippen LogP contribution in [0.25, 0.3) is 0 Å². The molecule has 0 bridgehead atoms. The fourth-order valence-corrected chi connectivity index (χ4v) is 3.12. The number of amides is 1. The Morgan fingerprint density at radius 3 is 2.08 bits per heavy atom. The molecule has 0 unspecified atom stereocenters. The molecule has 0 aromatic heterocycles. The van der Waals surface area contributed by atoms with Gasteiger partial charge >= 0.3 is 0 Å². The third-order valence-corrected chi connectivity index (χ3v) is 4.59. The van der Waals surface area contributed by atoms with Gasteiger partial charge in [0, 0.05) is 25.7 Å². The smallest absolute Gasteiger partial charge is 0.222 e. The topological polar surface area (TPSA) is 73.9 Å². The van der Waals surface area contributed by atoms with Crippen LogP contribution in [-0.4, -0.2) is 56.9 Å². The van der Waals surface area contributed by atoms with E-state index in [1.165, 1.54) is 0 Å². The first-order valence-electron chi connectivity index (χ1n) is 10.00. The predicted molar refractivity (Wildman–Crippen MR) is 103 cm³/mol. The van der Waals surface area contributed by atoms with E-state index in [1.807, 2.05) is 27.7 Å². The van der Waals surface area contributed by atoms with Crippen LogP contribution >= 0.6 is 0 Å². The van der Waals surface area contributed by atoms with Crippen LogP contribution in [-0.2, 0) is 23.8 Å². The van der Waals surface area contributed by atoms with Crippen molar-refractivity contribution in [2.24, 2.45) is 11.8 Å². The van der Waals surface area contributed by atoms with Crippen LogP contribution in [0.5, 0.6) is 0 Å². The SMILES string of the molecule is CC(C)OCCOCCOCCC(=O)NC1CCC(C(=O)C(C)C)CC1.[HH]. The Balaban J connectivity index is 0.00000676. The van der Waals surface area contributed by atoms with Crippen molar-refractivity contribution < 1.29 is 25.2 Å². The molecule has 1 saturated carbocycles. The number of carbonyl (C=O) groups excluding carboxylic acids is 2. The summed E-state index contributed by atoms with van der Waals surface area (Å²) in [5, 5.41) is 3.06. The number of Topliss-reactive ketones (excluding diaryl/α,β-unsaturated/α-hetero) is 1. The molecule has 0 radical (unpaired) electrons. The fraction of sp³-hybridized carbons (Fsp3) is 0.900. The Bertz CT molecular complexity index is 409. The standard InChI is InChI=1S/C20H37NO5.H2/c1-15(2)20(23)17-5-7-18(8-6-17)21-19(22)9-10-24-11-12-25-13-14-26-16(3)4;/h15-18H,5-14H2,1-4H3,(H,21,22);1H. The third kappa shape index (κ3) is 10.2. The highest BCUT2D eigenvalue weighted by atomic mass is 16.5. The summed E-state index contributed by atoms with van der Waals surface area (Å²) in [4.78, 5) is 24.0. The van der Waals surface area contributed by atoms with Crippen LogP contribution < -0.4 is 5.32 Å². The van der Waals surface area contributed by atoms with Crippen molar-refractivity contribution in [2.75, 3.05) is 33.0 Å². The lowest BCUT2D eigenvalue weighted by Gasteiger charge is -2.29. The van der Waals surface area contributed by atoms with Crippen LogP contribution in [0.3, 0.4) is 0 Å². The number of hydrogen-bond acceptors (Lipinski definition) is 5. The Morgan fingerprint density at radius 1 is 0.923 bits per heavy atom. The Kier molecular flexibility index (Phi) is 11.7. The van der Waals surface area contributed by atoms with E-state index in [-0.39, 0.29) is 31.3 Å². The summed E-state index contributed by atoms with van der Waals surface area (Å²) >= 11 is 0. The van der Waals surface area contributed by atoms with Crippen molar-refractivity contribution >= 4 is 11.7 Å². The summed E-state index contributed by atoms with van der Waals surface area (Å²) in [7, 11) is 0. The molecule has 1 fully saturated rings. The van der Waals surface area contributed by atoms with Gasteiger partial charge in [0.15, 0.2) is 0 Å². The van der Waals surface area contributed by atoms with E-state index in [0.717, 1.165) is 25.7 Å². The molecule has 154 valence electrons. The summed E-state index contributed by atoms with van der Waals surface area (Å²) in [5.41, 5.74) is 0. The van der Waals surface area contributed by atoms with Gasteiger partial charge in [-0.05, 0) is 39.5 Å². The first-order chi connectivity index (χ1) is 12.4. The van der Waals surface area contributed by atoms with Crippen LogP contribution in [0, 0.1) is 11.8 Å². The highest BCUT2D eigenvalue weighted by Gasteiger charge is 2.28. The average Bonchev–Trinajstić information content (AvgIpc) is 2.60. The lowest BCUT2D eigenvalue weighted by Crippen LogP contribution is -2.39. The lowest BCUT2D eigenvalue weighted by molar-refractivity contribution is -0.127. The van der Waals surface area contributed by atoms with E-state index >= 15 is 0 Å². The number of nitrogens with one attached hydrogen (secondary N) is 1. The molecule has 0 aromatic carbocycles. The van der Waals surface area contributed by atoms with Gasteiger partial charge in [0.1, 0.15) is 5.78 Å². The van der Waals surface area contributed by atoms with Gasteiger partial charge < -0.3 is 19.5 Å². The largest absolute Gasteiger partial charge is 0.379 e. The van der Waals surface area contributed by atoms with E-state index < -0.39 is 0 Å². The average molecular weight is 374 g/mol. The van der Waals surface area contributed by atoms with Gasteiger partial charge in [-0.15, -0.1) is 0 Å². The first kappa shape index (κ1) is 23.1. The number of ketones is 1. The minimum Gasteiger partial charge on any atom is -0.379 e. The molecule has 0 atom stereocenters. The van der Waals surface area contributed by atoms with Crippen molar-refractivity contribution in [1.82, 2.24) is 5.32 Å². The molecule has 0 aliphatic heterocycles. The lowest BCUT2D eigenvalue weighted by atomic mass is 9.80. The van der Waals surface area contributed by atoms with Gasteiger partial charge in [0.05, 0.1) is 39.1 Å². The molecule has 1 amide bonds. The third-order valence-electron chi connectivity index (χ3n) is 4.59. The van der Waals surface area contributed by atoms with Crippen molar-refractivity contribution in [3.63, 3.8) is 0 Å². The van der Waals surface area contributed by atoms with Crippen LogP contribution in [0.1, 0.15) is 61.2 Å². The molecular weight excluding hydrogens is 334 g/mol. The molecule has 26 heavy (non-hydrogen) atoms. The number of carbonyl (C=O) groups is 2. The van der Waals surface area contributed by atoms with Gasteiger partial charge in [0.2, 0.25) is 5.91 Å². The molecule has 1 N–H and O–H groups in total. The Hall–Kier alpha value is -0.980. The van der Waals surface area contributed by atoms with Crippen LogP contribution in [0.4, 0.5) is 0 Å². The quantitative estimate of drug-likeness (QED) is 0.502. The zero-order valence-electron chi connectivity index (χ0n) is 16.9. The van der Waals surface area contributed by atoms with E-state index in [0.29, 0.717) is 45.2 Å². The second kappa shape index (κ2) is 13.2. The molecule has 1 rings (SSSR count). The van der Waals surface area contributed by atoms with Gasteiger partial charge in [-0.2, -0.15) is 0 Å². The second-order valence-electron chi connectivity index (χ2n) is 7.57. The van der Waals surface area contributed by atoms with Crippen molar-refractivity contribution in [3.05, 3.63) is 0 Å². The van der Waals surface area contributed by atoms with E-state index in [1.54, 1.807) is 0 Å². The minimum absolute atomic E-state index is 0. The van der Waals surface area contributed by atoms with E-state index in [4.69, 9.17) is 14.2 Å². The number of ether oxygens (including phenoxy) is 3. The van der Waals surface area contributed by atoms with Crippen molar-refractivity contribution in [1.29, 1.82) is 0 Å². The maximum atomic E-state index is 12.0. The molecule has 0 saturated heterocycles. The molecule has 1 aliphatic carbocycles. The maximum absolute atomic E-state index is 12.0. The summed E-state index contributed by atoms with van der Waals surface area (Å²) in [6.45, 7) is 10.4. The van der Waals surface area contributed by atoms with E-state index in [9.17, 15) is 9.59 Å². The molecular formula is C20H39NO5. The number of hydrogen-bond donors (Lipinski definition) is 1. The molecule has 0 aromatic rings. The fourth-order valence-electron chi connectivity index (χ4n) is 3.12. The molecule has 0 spiro atoms. The zero-order chi connectivity index (χ0) is 19.4. The minimum atomic E-state index is 0. The summed E-state index contributed by atoms with van der Waals surface area (Å²) in [5.74, 6) is 0.670. The molecule has 0 heterocycles. The predicted octanol–water partition coefficient (Wildman–Crippen LogP) is 2.98. The highest BCUT2D eigenvalue weighted by molar-refractivity contribution is 5.83. The molecule has 6 heteroatoms. The van der Waals surface area contributed by atoms with Gasteiger partial charge in [-0.3, -0.25) is 9.59 Å². The van der Waals surface area contributed by atoms with Crippen molar-refractivity contribution in [2.45, 2.75) is 71.9 Å². The summed E-state index contributed by atoms with van der Waals surface area (Å²) < 4.78 is 16.2. The second-order valence-corrected chi connectivity index (χ2v) is 7.57. The van der Waals surface area contributed by atoms with Crippen LogP contribution in [0.2, 0.25) is 0 Å². The highest BCUT2D eigenvalue weighted by Crippen LogP contribution is 2.27.